The summed E-state index contributed by atoms with van der Waals surface area (Å²) in [6.45, 7) is 4.69. The molecule has 1 nitrogen and oxygen atoms in total. The van der Waals surface area contributed by atoms with Gasteiger partial charge in [0.1, 0.15) is 0 Å². The van der Waals surface area contributed by atoms with Gasteiger partial charge in [0.15, 0.2) is 0 Å². The van der Waals surface area contributed by atoms with E-state index in [1.165, 1.54) is 21.2 Å². The van der Waals surface area contributed by atoms with E-state index in [1.54, 1.807) is 0 Å². The van der Waals surface area contributed by atoms with Crippen molar-refractivity contribution >= 4 is 66.8 Å². The van der Waals surface area contributed by atoms with Crippen molar-refractivity contribution in [1.82, 2.24) is 0 Å². The number of hydrogen-bond donors (Lipinski definition) is 0. The molecule has 0 aliphatic heterocycles. The normalized spacial score (nSPS) is 9.58. The molecular formula is C27H28OP2PdS2+2. The minimum absolute atomic E-state index is 0. The zero-order valence-corrected chi connectivity index (χ0v) is 23.8. The van der Waals surface area contributed by atoms with Gasteiger partial charge >= 0.3 is 20.4 Å². The van der Waals surface area contributed by atoms with E-state index in [9.17, 15) is 0 Å². The zero-order chi connectivity index (χ0) is 23.2. The summed E-state index contributed by atoms with van der Waals surface area (Å²) < 4.78 is -0.667. The van der Waals surface area contributed by atoms with Crippen LogP contribution in [0.3, 0.4) is 0 Å². The van der Waals surface area contributed by atoms with Crippen molar-refractivity contribution in [3.63, 3.8) is 0 Å². The van der Waals surface area contributed by atoms with E-state index in [4.69, 9.17) is 4.79 Å². The largest absolute Gasteiger partial charge is 2.00 e. The van der Waals surface area contributed by atoms with Gasteiger partial charge in [-0.1, -0.05) is 72.8 Å². The minimum Gasteiger partial charge on any atom is -0.767 e. The third kappa shape index (κ3) is 11.5. The van der Waals surface area contributed by atoms with Gasteiger partial charge in [0.25, 0.3) is 0 Å². The summed E-state index contributed by atoms with van der Waals surface area (Å²) in [5.41, 5.74) is 0. The Hall–Kier alpha value is -1.49. The summed E-state index contributed by atoms with van der Waals surface area (Å²) in [4.78, 5) is 9.07. The molecular weight excluding hydrogens is 573 g/mol. The van der Waals surface area contributed by atoms with Gasteiger partial charge in [-0.05, 0) is 48.5 Å². The van der Waals surface area contributed by atoms with Crippen LogP contribution in [0.15, 0.2) is 121 Å². The van der Waals surface area contributed by atoms with E-state index in [0.29, 0.717) is 0 Å². The van der Waals surface area contributed by atoms with E-state index < -0.39 is 20.3 Å². The van der Waals surface area contributed by atoms with Crippen LogP contribution >= 0.6 is 15.8 Å². The maximum Gasteiger partial charge on any atom is 2.00 e. The number of carbonyl (C=O) groups excluding carboxylic acids is 1. The maximum absolute atomic E-state index is 9.07. The molecule has 172 valence electrons. The molecule has 0 saturated heterocycles. The molecule has 33 heavy (non-hydrogen) atoms. The molecule has 0 fully saturated rings. The Kier molecular flexibility index (Phi) is 15.2. The second-order valence-corrected chi connectivity index (χ2v) is 12.8. The summed E-state index contributed by atoms with van der Waals surface area (Å²) in [6.07, 6.45) is 0. The number of carbonyl (C=O) groups is 1. The summed E-state index contributed by atoms with van der Waals surface area (Å²) in [6, 6.07) is 43.0. The second kappa shape index (κ2) is 17.0. The number of benzene rings is 4. The van der Waals surface area contributed by atoms with Crippen LogP contribution in [0.25, 0.3) is 0 Å². The first-order valence-corrected chi connectivity index (χ1v) is 15.1. The summed E-state index contributed by atoms with van der Waals surface area (Å²) in [5, 5.41) is 5.90. The molecule has 0 aromatic heterocycles. The van der Waals surface area contributed by atoms with Gasteiger partial charge in [-0.2, -0.15) is 0 Å². The Balaban J connectivity index is 0.000000278. The molecule has 0 bridgehead atoms. The number of rotatable bonds is 4. The first-order chi connectivity index (χ1) is 15.5. The van der Waals surface area contributed by atoms with Gasteiger partial charge in [-0.25, -0.2) is 0 Å². The van der Waals surface area contributed by atoms with Gasteiger partial charge in [-0.15, -0.1) is 4.45 Å². The molecule has 0 N–H and O–H groups in total. The molecule has 4 rings (SSSR count). The maximum atomic E-state index is 9.07. The molecule has 6 heteroatoms. The SMILES string of the molecule is C[PH+](c1ccccc1)c1ccccc1.C[PH+](c1ccccc1)c1ccccc1.O=C([S-])[S-].[Pd+2]. The van der Waals surface area contributed by atoms with Crippen LogP contribution in [-0.4, -0.2) is 17.8 Å². The van der Waals surface area contributed by atoms with Crippen LogP contribution in [-0.2, 0) is 45.7 Å². The molecule has 0 spiro atoms. The standard InChI is InChI=1S/2C13H13P.CH2OS2.Pd/c2*1-14(12-8-4-2-5-9-12)13-10-6-3-7-11-13;2-1(3)4;/h2*2-11H,1H3;(H2,2,3,4);/q;;;+2. The van der Waals surface area contributed by atoms with Gasteiger partial charge < -0.3 is 30.1 Å². The van der Waals surface area contributed by atoms with E-state index in [1.807, 2.05) is 0 Å². The average molecular weight is 601 g/mol. The van der Waals surface area contributed by atoms with Gasteiger partial charge in [-0.3, -0.25) is 0 Å². The summed E-state index contributed by atoms with van der Waals surface area (Å²) >= 11 is 7.59. The van der Waals surface area contributed by atoms with E-state index in [2.05, 4.69) is 160 Å². The van der Waals surface area contributed by atoms with Crippen molar-refractivity contribution in [1.29, 1.82) is 0 Å². The predicted molar refractivity (Wildman–Crippen MR) is 153 cm³/mol. The number of hydrogen-bond acceptors (Lipinski definition) is 3. The van der Waals surface area contributed by atoms with Crippen molar-refractivity contribution in [3.05, 3.63) is 121 Å². The van der Waals surface area contributed by atoms with E-state index in [0.717, 1.165) is 0 Å². The molecule has 4 aromatic rings. The molecule has 0 radical (unpaired) electrons. The Morgan fingerprint density at radius 3 is 0.788 bits per heavy atom. The monoisotopic (exact) mass is 600 g/mol. The summed E-state index contributed by atoms with van der Waals surface area (Å²) in [7, 11) is -1.09. The third-order valence-corrected chi connectivity index (χ3v) is 9.62. The Bertz CT molecular complexity index is 873. The second-order valence-electron chi connectivity index (χ2n) is 6.96. The van der Waals surface area contributed by atoms with Crippen molar-refractivity contribution in [2.45, 2.75) is 0 Å². The molecule has 0 saturated carbocycles. The molecule has 0 atom stereocenters. The van der Waals surface area contributed by atoms with Crippen LogP contribution < -0.4 is 21.2 Å². The van der Waals surface area contributed by atoms with Gasteiger partial charge in [0.05, 0.1) is 50.4 Å². The van der Waals surface area contributed by atoms with Crippen molar-refractivity contribution < 1.29 is 25.2 Å². The molecule has 0 amide bonds. The third-order valence-electron chi connectivity index (χ3n) is 4.83. The quantitative estimate of drug-likeness (QED) is 0.183. The van der Waals surface area contributed by atoms with E-state index in [-0.39, 0.29) is 20.4 Å². The van der Waals surface area contributed by atoms with Crippen molar-refractivity contribution in [2.75, 3.05) is 13.3 Å². The first kappa shape index (κ1) is 29.5. The smallest absolute Gasteiger partial charge is 0.767 e. The topological polar surface area (TPSA) is 17.1 Å². The Labute approximate surface area is 225 Å². The Morgan fingerprint density at radius 2 is 0.636 bits per heavy atom. The van der Waals surface area contributed by atoms with Crippen LogP contribution in [0.1, 0.15) is 0 Å². The van der Waals surface area contributed by atoms with Gasteiger partial charge in [0, 0.05) is 0 Å². The summed E-state index contributed by atoms with van der Waals surface area (Å²) in [5.74, 6) is 0. The van der Waals surface area contributed by atoms with Crippen LogP contribution in [0.4, 0.5) is 4.79 Å². The average Bonchev–Trinajstić information content (AvgIpc) is 2.85. The van der Waals surface area contributed by atoms with Crippen molar-refractivity contribution in [3.8, 4) is 0 Å². The molecule has 0 aliphatic carbocycles. The fourth-order valence-electron chi connectivity index (χ4n) is 3.09. The van der Waals surface area contributed by atoms with Crippen LogP contribution in [0.2, 0.25) is 0 Å². The van der Waals surface area contributed by atoms with Gasteiger partial charge in [0.2, 0.25) is 0 Å². The zero-order valence-electron chi connectivity index (χ0n) is 18.6. The van der Waals surface area contributed by atoms with E-state index >= 15 is 0 Å². The first-order valence-electron chi connectivity index (χ1n) is 10.3. The van der Waals surface area contributed by atoms with Crippen LogP contribution in [0, 0.1) is 0 Å². The Morgan fingerprint density at radius 1 is 0.485 bits per heavy atom. The fourth-order valence-corrected chi connectivity index (χ4v) is 6.52. The van der Waals surface area contributed by atoms with Crippen LogP contribution in [0.5, 0.6) is 0 Å². The molecule has 0 heterocycles. The fraction of sp³-hybridized carbons (Fsp3) is 0.0741. The van der Waals surface area contributed by atoms with Crippen molar-refractivity contribution in [2.24, 2.45) is 0 Å². The molecule has 0 aliphatic rings. The predicted octanol–water partition coefficient (Wildman–Crippen LogP) is 5.16. The molecule has 0 unspecified atom stereocenters. The molecule has 4 aromatic carbocycles. The minimum atomic E-state index is -0.667.